The molecular formula is C13H13NO4. The number of hydrogen-bond acceptors (Lipinski definition) is 4. The predicted octanol–water partition coefficient (Wildman–Crippen LogP) is 2.67. The average molecular weight is 247 g/mol. The van der Waals surface area contributed by atoms with Crippen LogP contribution in [0.15, 0.2) is 22.7 Å². The number of carboxylic acids is 1. The van der Waals surface area contributed by atoms with Crippen molar-refractivity contribution < 1.29 is 19.2 Å². The van der Waals surface area contributed by atoms with E-state index in [0.717, 1.165) is 5.56 Å². The summed E-state index contributed by atoms with van der Waals surface area (Å²) in [4.78, 5) is 11.2. The van der Waals surface area contributed by atoms with Gasteiger partial charge in [0, 0.05) is 5.56 Å². The number of benzene rings is 1. The molecule has 0 atom stereocenters. The maximum atomic E-state index is 11.2. The van der Waals surface area contributed by atoms with Crippen molar-refractivity contribution in [3.63, 3.8) is 0 Å². The van der Waals surface area contributed by atoms with E-state index in [-0.39, 0.29) is 11.3 Å². The summed E-state index contributed by atoms with van der Waals surface area (Å²) in [5, 5.41) is 13.0. The zero-order chi connectivity index (χ0) is 13.3. The fraction of sp³-hybridized carbons (Fsp3) is 0.231. The molecule has 1 aromatic carbocycles. The van der Waals surface area contributed by atoms with Gasteiger partial charge in [0.05, 0.1) is 7.11 Å². The summed E-state index contributed by atoms with van der Waals surface area (Å²) >= 11 is 0. The van der Waals surface area contributed by atoms with Crippen LogP contribution in [0.3, 0.4) is 0 Å². The van der Waals surface area contributed by atoms with E-state index < -0.39 is 5.97 Å². The Hall–Kier alpha value is -2.30. The van der Waals surface area contributed by atoms with Gasteiger partial charge in [-0.2, -0.15) is 0 Å². The number of rotatable bonds is 3. The van der Waals surface area contributed by atoms with E-state index in [0.29, 0.717) is 17.0 Å². The number of ether oxygens (including phenoxy) is 1. The lowest BCUT2D eigenvalue weighted by atomic mass is 10.0. The van der Waals surface area contributed by atoms with Gasteiger partial charge in [-0.15, -0.1) is 0 Å². The third-order valence-electron chi connectivity index (χ3n) is 2.69. The van der Waals surface area contributed by atoms with E-state index >= 15 is 0 Å². The number of carboxylic acid groups (broad SMARTS) is 1. The number of aromatic carboxylic acids is 1. The highest BCUT2D eigenvalue weighted by Gasteiger charge is 2.23. The minimum Gasteiger partial charge on any atom is -0.496 e. The van der Waals surface area contributed by atoms with E-state index in [1.807, 2.05) is 19.1 Å². The van der Waals surface area contributed by atoms with Crippen molar-refractivity contribution in [1.82, 2.24) is 5.16 Å². The first-order valence-electron chi connectivity index (χ1n) is 5.39. The molecule has 2 aromatic rings. The third kappa shape index (κ3) is 1.95. The first kappa shape index (κ1) is 12.2. The molecule has 5 heteroatoms. The minimum atomic E-state index is -1.06. The van der Waals surface area contributed by atoms with Crippen LogP contribution in [-0.4, -0.2) is 23.3 Å². The van der Waals surface area contributed by atoms with Crippen molar-refractivity contribution in [2.45, 2.75) is 13.8 Å². The zero-order valence-electron chi connectivity index (χ0n) is 10.4. The van der Waals surface area contributed by atoms with Crippen LogP contribution >= 0.6 is 0 Å². The first-order chi connectivity index (χ1) is 8.54. The smallest absolute Gasteiger partial charge is 0.341 e. The Labute approximate surface area is 104 Å². The lowest BCUT2D eigenvalue weighted by molar-refractivity contribution is 0.0696. The second kappa shape index (κ2) is 4.52. The quantitative estimate of drug-likeness (QED) is 0.902. The van der Waals surface area contributed by atoms with Crippen molar-refractivity contribution in [2.24, 2.45) is 0 Å². The number of aryl methyl sites for hydroxylation is 2. The summed E-state index contributed by atoms with van der Waals surface area (Å²) < 4.78 is 10.2. The fourth-order valence-electron chi connectivity index (χ4n) is 1.81. The van der Waals surface area contributed by atoms with Gasteiger partial charge in [-0.05, 0) is 26.0 Å². The molecule has 0 aliphatic rings. The van der Waals surface area contributed by atoms with Crippen LogP contribution in [0, 0.1) is 13.8 Å². The van der Waals surface area contributed by atoms with Crippen LogP contribution in [-0.2, 0) is 0 Å². The predicted molar refractivity (Wildman–Crippen MR) is 64.9 cm³/mol. The van der Waals surface area contributed by atoms with Gasteiger partial charge in [-0.1, -0.05) is 16.8 Å². The summed E-state index contributed by atoms with van der Waals surface area (Å²) in [6.07, 6.45) is 0. The minimum absolute atomic E-state index is 0.0684. The number of nitrogens with zero attached hydrogens (tertiary/aromatic N) is 1. The molecule has 2 rings (SSSR count). The Balaban J connectivity index is 2.69. The van der Waals surface area contributed by atoms with Gasteiger partial charge in [0.15, 0.2) is 0 Å². The summed E-state index contributed by atoms with van der Waals surface area (Å²) in [6.45, 7) is 3.48. The molecule has 94 valence electrons. The van der Waals surface area contributed by atoms with Gasteiger partial charge in [-0.25, -0.2) is 4.79 Å². The Bertz CT molecular complexity index is 601. The van der Waals surface area contributed by atoms with Crippen molar-refractivity contribution in [2.75, 3.05) is 7.11 Å². The van der Waals surface area contributed by atoms with E-state index in [2.05, 4.69) is 5.16 Å². The van der Waals surface area contributed by atoms with E-state index in [1.165, 1.54) is 7.11 Å². The number of carbonyl (C=O) groups is 1. The van der Waals surface area contributed by atoms with Gasteiger partial charge in [-0.3, -0.25) is 0 Å². The van der Waals surface area contributed by atoms with Crippen molar-refractivity contribution >= 4 is 5.97 Å². The standard InChI is InChI=1S/C13H13NO4/c1-7-4-5-10(17-3)9(6-7)12-11(13(15)16)8(2)18-14-12/h4-6H,1-3H3,(H,15,16). The molecule has 0 aliphatic heterocycles. The molecule has 1 aromatic heterocycles. The van der Waals surface area contributed by atoms with Gasteiger partial charge in [0.2, 0.25) is 0 Å². The molecule has 18 heavy (non-hydrogen) atoms. The van der Waals surface area contributed by atoms with Crippen LogP contribution in [0.25, 0.3) is 11.3 Å². The summed E-state index contributed by atoms with van der Waals surface area (Å²) in [5.41, 5.74) is 1.97. The normalized spacial score (nSPS) is 10.4. The molecule has 0 aliphatic carbocycles. The van der Waals surface area contributed by atoms with Crippen LogP contribution in [0.5, 0.6) is 5.75 Å². The lowest BCUT2D eigenvalue weighted by Crippen LogP contribution is -2.00. The van der Waals surface area contributed by atoms with Crippen LogP contribution in [0.1, 0.15) is 21.7 Å². The SMILES string of the molecule is COc1ccc(C)cc1-c1noc(C)c1C(=O)O. The fourth-order valence-corrected chi connectivity index (χ4v) is 1.81. The van der Waals surface area contributed by atoms with Gasteiger partial charge >= 0.3 is 5.97 Å². The van der Waals surface area contributed by atoms with E-state index in [1.54, 1.807) is 13.0 Å². The molecule has 0 unspecified atom stereocenters. The molecule has 1 heterocycles. The van der Waals surface area contributed by atoms with Crippen molar-refractivity contribution in [1.29, 1.82) is 0 Å². The summed E-state index contributed by atoms with van der Waals surface area (Å²) in [6, 6.07) is 5.48. The largest absolute Gasteiger partial charge is 0.496 e. The second-order valence-corrected chi connectivity index (χ2v) is 3.97. The topological polar surface area (TPSA) is 72.6 Å². The highest BCUT2D eigenvalue weighted by molar-refractivity contribution is 5.96. The summed E-state index contributed by atoms with van der Waals surface area (Å²) in [7, 11) is 1.53. The van der Waals surface area contributed by atoms with Crippen LogP contribution in [0.4, 0.5) is 0 Å². The molecule has 0 bridgehead atoms. The monoisotopic (exact) mass is 247 g/mol. The van der Waals surface area contributed by atoms with Crippen LogP contribution < -0.4 is 4.74 Å². The highest BCUT2D eigenvalue weighted by atomic mass is 16.5. The molecule has 5 nitrogen and oxygen atoms in total. The van der Waals surface area contributed by atoms with Gasteiger partial charge in [0.25, 0.3) is 0 Å². The third-order valence-corrected chi connectivity index (χ3v) is 2.69. The Morgan fingerprint density at radius 3 is 2.72 bits per heavy atom. The van der Waals surface area contributed by atoms with Crippen LogP contribution in [0.2, 0.25) is 0 Å². The zero-order valence-corrected chi connectivity index (χ0v) is 10.4. The number of hydrogen-bond donors (Lipinski definition) is 1. The molecule has 0 spiro atoms. The van der Waals surface area contributed by atoms with Gasteiger partial charge < -0.3 is 14.4 Å². The molecule has 0 saturated carbocycles. The van der Waals surface area contributed by atoms with E-state index in [4.69, 9.17) is 9.26 Å². The average Bonchev–Trinajstić information content (AvgIpc) is 2.71. The Kier molecular flexibility index (Phi) is 3.06. The molecule has 1 N–H and O–H groups in total. The summed E-state index contributed by atoms with van der Waals surface area (Å²) in [5.74, 6) is -0.218. The molecule has 0 fully saturated rings. The van der Waals surface area contributed by atoms with Gasteiger partial charge in [0.1, 0.15) is 22.8 Å². The Morgan fingerprint density at radius 2 is 2.11 bits per heavy atom. The molecule has 0 saturated heterocycles. The first-order valence-corrected chi connectivity index (χ1v) is 5.39. The lowest BCUT2D eigenvalue weighted by Gasteiger charge is -2.07. The second-order valence-electron chi connectivity index (χ2n) is 3.97. The molecule has 0 amide bonds. The number of aromatic nitrogens is 1. The Morgan fingerprint density at radius 1 is 1.39 bits per heavy atom. The molecular weight excluding hydrogens is 234 g/mol. The van der Waals surface area contributed by atoms with Crippen molar-refractivity contribution in [3.8, 4) is 17.0 Å². The maximum absolute atomic E-state index is 11.2. The maximum Gasteiger partial charge on any atom is 0.341 e. The number of methoxy groups -OCH3 is 1. The highest BCUT2D eigenvalue weighted by Crippen LogP contribution is 2.33. The van der Waals surface area contributed by atoms with E-state index in [9.17, 15) is 9.90 Å². The molecule has 0 radical (unpaired) electrons. The van der Waals surface area contributed by atoms with Crippen molar-refractivity contribution in [3.05, 3.63) is 35.1 Å².